The molecule has 0 atom stereocenters. The minimum atomic E-state index is 0.0246. The summed E-state index contributed by atoms with van der Waals surface area (Å²) in [5.74, 6) is 0.649. The van der Waals surface area contributed by atoms with Gasteiger partial charge in [0.2, 0.25) is 0 Å². The Kier molecular flexibility index (Phi) is 3.42. The van der Waals surface area contributed by atoms with E-state index in [-0.39, 0.29) is 5.75 Å². The number of hydrogen-bond acceptors (Lipinski definition) is 1. The summed E-state index contributed by atoms with van der Waals surface area (Å²) in [4.78, 5) is 0. The van der Waals surface area contributed by atoms with Crippen molar-refractivity contribution in [3.63, 3.8) is 0 Å². The van der Waals surface area contributed by atoms with Gasteiger partial charge in [-0.05, 0) is 36.0 Å². The van der Waals surface area contributed by atoms with Gasteiger partial charge in [-0.15, -0.1) is 0 Å². The van der Waals surface area contributed by atoms with Crippen LogP contribution in [0, 0.1) is 0 Å². The first kappa shape index (κ1) is 12.8. The summed E-state index contributed by atoms with van der Waals surface area (Å²) in [6.07, 6.45) is 3.77. The molecule has 0 amide bonds. The highest BCUT2D eigenvalue weighted by Gasteiger charge is 2.23. The quantitative estimate of drug-likeness (QED) is 0.760. The molecule has 0 aliphatic heterocycles. The Morgan fingerprint density at radius 3 is 2.37 bits per heavy atom. The van der Waals surface area contributed by atoms with E-state index in [4.69, 9.17) is 23.2 Å². The van der Waals surface area contributed by atoms with E-state index in [0.717, 1.165) is 11.1 Å². The number of rotatable bonds is 2. The third kappa shape index (κ3) is 2.33. The highest BCUT2D eigenvalue weighted by atomic mass is 35.5. The molecule has 0 bridgehead atoms. The van der Waals surface area contributed by atoms with Crippen LogP contribution in [0.1, 0.15) is 30.7 Å². The van der Waals surface area contributed by atoms with Gasteiger partial charge in [0, 0.05) is 11.6 Å². The Balaban J connectivity index is 2.14. The minimum Gasteiger partial charge on any atom is -0.506 e. The molecule has 1 aliphatic rings. The predicted octanol–water partition coefficient (Wildman–Crippen LogP) is 5.63. The second-order valence-electron chi connectivity index (χ2n) is 5.00. The lowest BCUT2D eigenvalue weighted by molar-refractivity contribution is 0.420. The largest absolute Gasteiger partial charge is 0.506 e. The van der Waals surface area contributed by atoms with Crippen molar-refractivity contribution in [3.05, 3.63) is 52.0 Å². The van der Waals surface area contributed by atoms with Crippen molar-refractivity contribution in [2.75, 3.05) is 0 Å². The van der Waals surface area contributed by atoms with Crippen LogP contribution in [0.2, 0.25) is 10.0 Å². The van der Waals surface area contributed by atoms with Crippen LogP contribution in [-0.4, -0.2) is 5.11 Å². The molecule has 3 heteroatoms. The van der Waals surface area contributed by atoms with Crippen molar-refractivity contribution in [2.24, 2.45) is 0 Å². The predicted molar refractivity (Wildman–Crippen MR) is 80.2 cm³/mol. The van der Waals surface area contributed by atoms with Crippen molar-refractivity contribution in [1.82, 2.24) is 0 Å². The maximum absolute atomic E-state index is 9.59. The molecule has 1 aliphatic carbocycles. The highest BCUT2D eigenvalue weighted by Crippen LogP contribution is 2.44. The molecule has 0 aromatic heterocycles. The molecular weight excluding hydrogens is 279 g/mol. The smallest absolute Gasteiger partial charge is 0.135 e. The van der Waals surface area contributed by atoms with Gasteiger partial charge in [0.15, 0.2) is 0 Å². The molecule has 2 aromatic carbocycles. The fraction of sp³-hybridized carbons (Fsp3) is 0.250. The zero-order valence-electron chi connectivity index (χ0n) is 10.4. The van der Waals surface area contributed by atoms with Crippen molar-refractivity contribution >= 4 is 23.2 Å². The van der Waals surface area contributed by atoms with E-state index in [2.05, 4.69) is 18.2 Å². The zero-order valence-corrected chi connectivity index (χ0v) is 11.9. The zero-order chi connectivity index (χ0) is 13.4. The molecule has 1 N–H and O–H groups in total. The lowest BCUT2D eigenvalue weighted by Gasteiger charge is -2.28. The van der Waals surface area contributed by atoms with Crippen molar-refractivity contribution in [3.8, 4) is 16.9 Å². The molecule has 1 nitrogen and oxygen atoms in total. The van der Waals surface area contributed by atoms with Gasteiger partial charge in [-0.1, -0.05) is 53.9 Å². The topological polar surface area (TPSA) is 20.2 Å². The van der Waals surface area contributed by atoms with Gasteiger partial charge in [-0.2, -0.15) is 0 Å². The summed E-state index contributed by atoms with van der Waals surface area (Å²) in [6, 6.07) is 11.6. The standard InChI is InChI=1S/C16H14Cl2O/c17-14-9-16(19)15(18)8-13(14)12-7-2-1-6-11(12)10-4-3-5-10/h1-2,6-10,19H,3-5H2. The second kappa shape index (κ2) is 5.07. The first-order chi connectivity index (χ1) is 9.16. The molecule has 0 spiro atoms. The second-order valence-corrected chi connectivity index (χ2v) is 5.81. The van der Waals surface area contributed by atoms with Crippen LogP contribution in [-0.2, 0) is 0 Å². The lowest BCUT2D eigenvalue weighted by Crippen LogP contribution is -2.09. The number of phenolic OH excluding ortho intramolecular Hbond substituents is 1. The third-order valence-corrected chi connectivity index (χ3v) is 4.45. The monoisotopic (exact) mass is 292 g/mol. The number of benzene rings is 2. The Hall–Kier alpha value is -1.18. The molecule has 1 fully saturated rings. The van der Waals surface area contributed by atoms with Gasteiger partial charge in [0.1, 0.15) is 5.75 Å². The van der Waals surface area contributed by atoms with Crippen LogP contribution in [0.25, 0.3) is 11.1 Å². The molecule has 3 rings (SSSR count). The van der Waals surface area contributed by atoms with E-state index in [1.807, 2.05) is 6.07 Å². The minimum absolute atomic E-state index is 0.0246. The number of hydrogen-bond donors (Lipinski definition) is 1. The van der Waals surface area contributed by atoms with Crippen LogP contribution in [0.5, 0.6) is 5.75 Å². The van der Waals surface area contributed by atoms with Gasteiger partial charge in [0.25, 0.3) is 0 Å². The Morgan fingerprint density at radius 1 is 0.947 bits per heavy atom. The SMILES string of the molecule is Oc1cc(Cl)c(-c2ccccc2C2CCC2)cc1Cl. The Bertz CT molecular complexity index is 618. The van der Waals surface area contributed by atoms with Crippen LogP contribution in [0.3, 0.4) is 0 Å². The van der Waals surface area contributed by atoms with Crippen molar-refractivity contribution in [2.45, 2.75) is 25.2 Å². The Labute approximate surface area is 122 Å². The van der Waals surface area contributed by atoms with E-state index in [1.54, 1.807) is 6.07 Å². The summed E-state index contributed by atoms with van der Waals surface area (Å²) >= 11 is 12.3. The number of aromatic hydroxyl groups is 1. The first-order valence-corrected chi connectivity index (χ1v) is 7.19. The van der Waals surface area contributed by atoms with Gasteiger partial charge in [-0.25, -0.2) is 0 Å². The van der Waals surface area contributed by atoms with Gasteiger partial charge >= 0.3 is 0 Å². The lowest BCUT2D eigenvalue weighted by atomic mass is 9.77. The highest BCUT2D eigenvalue weighted by molar-refractivity contribution is 6.36. The molecule has 0 saturated heterocycles. The van der Waals surface area contributed by atoms with E-state index < -0.39 is 0 Å². The summed E-state index contributed by atoms with van der Waals surface area (Å²) in [5.41, 5.74) is 3.35. The van der Waals surface area contributed by atoms with Gasteiger partial charge in [0.05, 0.1) is 10.0 Å². The van der Waals surface area contributed by atoms with Gasteiger partial charge < -0.3 is 5.11 Å². The van der Waals surface area contributed by atoms with Gasteiger partial charge in [-0.3, -0.25) is 0 Å². The van der Waals surface area contributed by atoms with E-state index in [9.17, 15) is 5.11 Å². The maximum atomic E-state index is 9.59. The fourth-order valence-corrected chi connectivity index (χ4v) is 2.98. The fourth-order valence-electron chi connectivity index (χ4n) is 2.56. The van der Waals surface area contributed by atoms with Crippen LogP contribution in [0.4, 0.5) is 0 Å². The summed E-state index contributed by atoms with van der Waals surface area (Å²) < 4.78 is 0. The molecule has 98 valence electrons. The summed E-state index contributed by atoms with van der Waals surface area (Å²) in [6.45, 7) is 0. The third-order valence-electron chi connectivity index (χ3n) is 3.83. The molecule has 1 saturated carbocycles. The van der Waals surface area contributed by atoms with E-state index in [0.29, 0.717) is 16.0 Å². The van der Waals surface area contributed by atoms with E-state index in [1.165, 1.54) is 30.9 Å². The molecule has 0 radical (unpaired) electrons. The molecule has 0 unspecified atom stereocenters. The van der Waals surface area contributed by atoms with Crippen molar-refractivity contribution in [1.29, 1.82) is 0 Å². The number of halogens is 2. The molecule has 0 heterocycles. The molecule has 19 heavy (non-hydrogen) atoms. The average molecular weight is 293 g/mol. The average Bonchev–Trinajstić information content (AvgIpc) is 2.33. The normalized spacial score (nSPS) is 15.3. The van der Waals surface area contributed by atoms with Crippen LogP contribution < -0.4 is 0 Å². The Morgan fingerprint density at radius 2 is 1.68 bits per heavy atom. The maximum Gasteiger partial charge on any atom is 0.135 e. The van der Waals surface area contributed by atoms with Crippen LogP contribution >= 0.6 is 23.2 Å². The number of phenols is 1. The van der Waals surface area contributed by atoms with E-state index >= 15 is 0 Å². The first-order valence-electron chi connectivity index (χ1n) is 6.44. The van der Waals surface area contributed by atoms with Crippen molar-refractivity contribution < 1.29 is 5.11 Å². The molecular formula is C16H14Cl2O. The van der Waals surface area contributed by atoms with Crippen LogP contribution in [0.15, 0.2) is 36.4 Å². The summed E-state index contributed by atoms with van der Waals surface area (Å²) in [5, 5.41) is 10.5. The summed E-state index contributed by atoms with van der Waals surface area (Å²) in [7, 11) is 0. The molecule has 2 aromatic rings.